The molecular weight excluding hydrogens is 372 g/mol. The number of anilines is 1. The third-order valence-corrected chi connectivity index (χ3v) is 4.61. The second kappa shape index (κ2) is 9.50. The van der Waals surface area contributed by atoms with E-state index in [-0.39, 0.29) is 23.1 Å². The average Bonchev–Trinajstić information content (AvgIpc) is 2.64. The van der Waals surface area contributed by atoms with Gasteiger partial charge in [0.25, 0.3) is 5.91 Å². The maximum absolute atomic E-state index is 14.1. The molecule has 1 unspecified atom stereocenters. The van der Waals surface area contributed by atoms with E-state index in [0.717, 1.165) is 11.8 Å². The normalized spacial score (nSPS) is 11.9. The molecule has 1 amide bonds. The van der Waals surface area contributed by atoms with E-state index in [2.05, 4.69) is 5.32 Å². The fourth-order valence-electron chi connectivity index (χ4n) is 2.10. The number of amides is 1. The van der Waals surface area contributed by atoms with Crippen LogP contribution in [0.25, 0.3) is 0 Å². The Bertz CT molecular complexity index is 812. The highest BCUT2D eigenvalue weighted by molar-refractivity contribution is 8.00. The predicted octanol–water partition coefficient (Wildman–Crippen LogP) is 4.90. The molecule has 0 fully saturated rings. The van der Waals surface area contributed by atoms with Crippen LogP contribution in [0.4, 0.5) is 14.5 Å². The molecule has 2 aromatic carbocycles. The lowest BCUT2D eigenvalue weighted by Gasteiger charge is -2.14. The van der Waals surface area contributed by atoms with Crippen molar-refractivity contribution in [1.82, 2.24) is 0 Å². The number of nitrogens with one attached hydrogen (secondary N) is 1. The van der Waals surface area contributed by atoms with Crippen LogP contribution >= 0.6 is 11.8 Å². The van der Waals surface area contributed by atoms with Crippen LogP contribution < -0.4 is 5.32 Å². The highest BCUT2D eigenvalue weighted by Crippen LogP contribution is 2.31. The van der Waals surface area contributed by atoms with Crippen LogP contribution in [-0.2, 0) is 9.53 Å². The number of rotatable bonds is 7. The second-order valence-electron chi connectivity index (χ2n) is 6.37. The molecule has 144 valence electrons. The summed E-state index contributed by atoms with van der Waals surface area (Å²) in [7, 11) is 0. The highest BCUT2D eigenvalue weighted by atomic mass is 32.2. The van der Waals surface area contributed by atoms with E-state index in [1.54, 1.807) is 37.3 Å². The van der Waals surface area contributed by atoms with Crippen molar-refractivity contribution in [2.24, 2.45) is 5.92 Å². The van der Waals surface area contributed by atoms with Crippen molar-refractivity contribution in [1.29, 1.82) is 0 Å². The summed E-state index contributed by atoms with van der Waals surface area (Å²) in [6.45, 7) is 5.67. The molecule has 0 saturated heterocycles. The van der Waals surface area contributed by atoms with Gasteiger partial charge in [0.05, 0.1) is 12.3 Å². The number of halogens is 2. The van der Waals surface area contributed by atoms with Crippen molar-refractivity contribution in [3.63, 3.8) is 0 Å². The van der Waals surface area contributed by atoms with Crippen molar-refractivity contribution >= 4 is 29.3 Å². The molecule has 0 bridgehead atoms. The first-order valence-electron chi connectivity index (χ1n) is 8.46. The number of ether oxygens (including phenoxy) is 1. The summed E-state index contributed by atoms with van der Waals surface area (Å²) in [5.74, 6) is -2.50. The largest absolute Gasteiger partial charge is 0.465 e. The Morgan fingerprint density at radius 2 is 1.74 bits per heavy atom. The van der Waals surface area contributed by atoms with Gasteiger partial charge in [-0.1, -0.05) is 32.0 Å². The SMILES string of the molecule is CC(C)COC(=O)C(C)Sc1cc(NC(=O)c2ccccc2)c(F)cc1F. The minimum atomic E-state index is -0.892. The molecule has 2 rings (SSSR count). The van der Waals surface area contributed by atoms with Crippen LogP contribution in [0.5, 0.6) is 0 Å². The number of benzene rings is 2. The van der Waals surface area contributed by atoms with Crippen LogP contribution in [0.1, 0.15) is 31.1 Å². The Balaban J connectivity index is 2.13. The van der Waals surface area contributed by atoms with E-state index < -0.39 is 28.8 Å². The fraction of sp³-hybridized carbons (Fsp3) is 0.300. The molecule has 0 aliphatic heterocycles. The van der Waals surface area contributed by atoms with Gasteiger partial charge in [-0.15, -0.1) is 11.8 Å². The number of hydrogen-bond acceptors (Lipinski definition) is 4. The van der Waals surface area contributed by atoms with Gasteiger partial charge in [-0.2, -0.15) is 0 Å². The topological polar surface area (TPSA) is 55.4 Å². The van der Waals surface area contributed by atoms with Gasteiger partial charge in [-0.05, 0) is 31.0 Å². The minimum absolute atomic E-state index is 0.0498. The summed E-state index contributed by atoms with van der Waals surface area (Å²) in [6.07, 6.45) is 0. The quantitative estimate of drug-likeness (QED) is 0.537. The zero-order valence-electron chi connectivity index (χ0n) is 15.3. The number of hydrogen-bond donors (Lipinski definition) is 1. The first kappa shape index (κ1) is 20.9. The lowest BCUT2D eigenvalue weighted by atomic mass is 10.2. The van der Waals surface area contributed by atoms with Gasteiger partial charge >= 0.3 is 5.97 Å². The molecule has 4 nitrogen and oxygen atoms in total. The van der Waals surface area contributed by atoms with Gasteiger partial charge < -0.3 is 10.1 Å². The molecule has 1 N–H and O–H groups in total. The third-order valence-electron chi connectivity index (χ3n) is 3.50. The van der Waals surface area contributed by atoms with E-state index in [1.807, 2.05) is 13.8 Å². The van der Waals surface area contributed by atoms with Crippen molar-refractivity contribution in [3.8, 4) is 0 Å². The lowest BCUT2D eigenvalue weighted by Crippen LogP contribution is -2.19. The molecule has 27 heavy (non-hydrogen) atoms. The van der Waals surface area contributed by atoms with Crippen LogP contribution in [0.2, 0.25) is 0 Å². The average molecular weight is 393 g/mol. The fourth-order valence-corrected chi connectivity index (χ4v) is 3.01. The molecule has 7 heteroatoms. The zero-order valence-corrected chi connectivity index (χ0v) is 16.1. The Labute approximate surface area is 161 Å². The smallest absolute Gasteiger partial charge is 0.319 e. The molecule has 2 aromatic rings. The van der Waals surface area contributed by atoms with E-state index in [0.29, 0.717) is 11.6 Å². The monoisotopic (exact) mass is 393 g/mol. The van der Waals surface area contributed by atoms with Gasteiger partial charge in [0.1, 0.15) is 16.9 Å². The summed E-state index contributed by atoms with van der Waals surface area (Å²) in [5.41, 5.74) is 0.191. The van der Waals surface area contributed by atoms with E-state index in [1.165, 1.54) is 6.07 Å². The number of esters is 1. The van der Waals surface area contributed by atoms with Gasteiger partial charge in [-0.3, -0.25) is 9.59 Å². The van der Waals surface area contributed by atoms with Crippen LogP contribution in [0, 0.1) is 17.6 Å². The molecule has 0 aromatic heterocycles. The van der Waals surface area contributed by atoms with Crippen molar-refractivity contribution < 1.29 is 23.1 Å². The van der Waals surface area contributed by atoms with Crippen LogP contribution in [-0.4, -0.2) is 23.7 Å². The molecule has 0 aliphatic rings. The Morgan fingerprint density at radius 3 is 2.37 bits per heavy atom. The van der Waals surface area contributed by atoms with Crippen LogP contribution in [0.3, 0.4) is 0 Å². The summed E-state index contributed by atoms with van der Waals surface area (Å²) in [4.78, 5) is 24.2. The Kier molecular flexibility index (Phi) is 7.36. The molecule has 0 aliphatic carbocycles. The first-order valence-corrected chi connectivity index (χ1v) is 9.34. The summed E-state index contributed by atoms with van der Waals surface area (Å²) in [6, 6.07) is 10.2. The minimum Gasteiger partial charge on any atom is -0.465 e. The molecular formula is C20H21F2NO3S. The second-order valence-corrected chi connectivity index (χ2v) is 7.75. The Hall–Kier alpha value is -2.41. The van der Waals surface area contributed by atoms with Gasteiger partial charge in [0, 0.05) is 16.5 Å². The number of carbonyl (C=O) groups excluding carboxylic acids is 2. The predicted molar refractivity (Wildman–Crippen MR) is 102 cm³/mol. The van der Waals surface area contributed by atoms with E-state index in [4.69, 9.17) is 4.74 Å². The molecule has 0 spiro atoms. The summed E-state index contributed by atoms with van der Waals surface area (Å²) < 4.78 is 33.3. The lowest BCUT2D eigenvalue weighted by molar-refractivity contribution is -0.143. The zero-order chi connectivity index (χ0) is 20.0. The van der Waals surface area contributed by atoms with E-state index in [9.17, 15) is 18.4 Å². The molecule has 0 saturated carbocycles. The number of carbonyl (C=O) groups is 2. The van der Waals surface area contributed by atoms with Gasteiger partial charge in [0.15, 0.2) is 0 Å². The van der Waals surface area contributed by atoms with E-state index >= 15 is 0 Å². The maximum atomic E-state index is 14.1. The summed E-state index contributed by atoms with van der Waals surface area (Å²) >= 11 is 0.908. The molecule has 1 atom stereocenters. The Morgan fingerprint density at radius 1 is 1.07 bits per heavy atom. The maximum Gasteiger partial charge on any atom is 0.319 e. The molecule has 0 heterocycles. The molecule has 0 radical (unpaired) electrons. The van der Waals surface area contributed by atoms with Crippen molar-refractivity contribution in [2.75, 3.05) is 11.9 Å². The third kappa shape index (κ3) is 6.06. The number of thioether (sulfide) groups is 1. The van der Waals surface area contributed by atoms with Crippen molar-refractivity contribution in [2.45, 2.75) is 30.9 Å². The van der Waals surface area contributed by atoms with Crippen LogP contribution in [0.15, 0.2) is 47.4 Å². The summed E-state index contributed by atoms with van der Waals surface area (Å²) in [5, 5.41) is 1.75. The van der Waals surface area contributed by atoms with Gasteiger partial charge in [0.2, 0.25) is 0 Å². The highest BCUT2D eigenvalue weighted by Gasteiger charge is 2.20. The first-order chi connectivity index (χ1) is 12.8. The standard InChI is InChI=1S/C20H21F2NO3S/c1-12(2)11-26-20(25)13(3)27-18-10-17(15(21)9-16(18)22)23-19(24)14-7-5-4-6-8-14/h4-10,12-13H,11H2,1-3H3,(H,23,24). The van der Waals surface area contributed by atoms with Gasteiger partial charge in [-0.25, -0.2) is 8.78 Å². The van der Waals surface area contributed by atoms with Crippen molar-refractivity contribution in [3.05, 3.63) is 59.7 Å².